The Labute approximate surface area is 140 Å². The maximum Gasteiger partial charge on any atom is 0.317 e. The van der Waals surface area contributed by atoms with Crippen LogP contribution < -0.4 is 5.32 Å². The Kier molecular flexibility index (Phi) is 5.03. The number of hydrogen-bond acceptors (Lipinski definition) is 4. The second-order valence-electron chi connectivity index (χ2n) is 5.86. The van der Waals surface area contributed by atoms with E-state index in [4.69, 9.17) is 9.15 Å². The number of furan rings is 1. The van der Waals surface area contributed by atoms with E-state index in [0.717, 1.165) is 11.5 Å². The third-order valence-corrected chi connectivity index (χ3v) is 5.12. The Hall–Kier alpha value is -1.79. The Balaban J connectivity index is 1.53. The number of rotatable bonds is 4. The first-order valence-corrected chi connectivity index (χ1v) is 8.75. The molecule has 1 N–H and O–H groups in total. The zero-order valence-corrected chi connectivity index (χ0v) is 14.3. The van der Waals surface area contributed by atoms with Gasteiger partial charge in [0, 0.05) is 23.9 Å². The number of amides is 2. The van der Waals surface area contributed by atoms with Crippen molar-refractivity contribution in [2.24, 2.45) is 0 Å². The van der Waals surface area contributed by atoms with E-state index in [0.29, 0.717) is 32.2 Å². The molecule has 2 atom stereocenters. The van der Waals surface area contributed by atoms with E-state index >= 15 is 0 Å². The molecule has 124 valence electrons. The fourth-order valence-electron chi connectivity index (χ4n) is 2.66. The van der Waals surface area contributed by atoms with Crippen LogP contribution in [0, 0.1) is 6.92 Å². The van der Waals surface area contributed by atoms with Crippen LogP contribution in [0.15, 0.2) is 34.1 Å². The fraction of sp³-hybridized carbons (Fsp3) is 0.471. The molecule has 2 aromatic heterocycles. The second kappa shape index (κ2) is 7.19. The van der Waals surface area contributed by atoms with Gasteiger partial charge < -0.3 is 19.4 Å². The lowest BCUT2D eigenvalue weighted by atomic mass is 10.1. The average Bonchev–Trinajstić information content (AvgIpc) is 3.24. The Bertz CT molecular complexity index is 638. The first kappa shape index (κ1) is 16.1. The standard InChI is InChI=1S/C17H22N2O3S/c1-12(16-4-3-9-23-16)10-18-17(20)19-7-8-21-15(11-19)14-6-5-13(2)22-14/h3-6,9,12,15H,7-8,10-11H2,1-2H3,(H,18,20)/t12-,15-/m1/s1. The van der Waals surface area contributed by atoms with Gasteiger partial charge in [0.15, 0.2) is 0 Å². The molecule has 5 nitrogen and oxygen atoms in total. The van der Waals surface area contributed by atoms with Crippen LogP contribution in [0.25, 0.3) is 0 Å². The highest BCUT2D eigenvalue weighted by molar-refractivity contribution is 7.10. The molecule has 0 saturated carbocycles. The Morgan fingerprint density at radius 1 is 1.48 bits per heavy atom. The molecule has 2 aromatic rings. The molecular formula is C17H22N2O3S. The van der Waals surface area contributed by atoms with Gasteiger partial charge in [0.1, 0.15) is 17.6 Å². The van der Waals surface area contributed by atoms with Crippen molar-refractivity contribution < 1.29 is 13.9 Å². The van der Waals surface area contributed by atoms with Crippen LogP contribution in [-0.2, 0) is 4.74 Å². The minimum Gasteiger partial charge on any atom is -0.464 e. The van der Waals surface area contributed by atoms with Gasteiger partial charge in [-0.3, -0.25) is 0 Å². The van der Waals surface area contributed by atoms with E-state index in [1.807, 2.05) is 25.1 Å². The van der Waals surface area contributed by atoms with Gasteiger partial charge >= 0.3 is 6.03 Å². The van der Waals surface area contributed by atoms with Crippen LogP contribution in [0.1, 0.15) is 35.3 Å². The van der Waals surface area contributed by atoms with Crippen LogP contribution in [0.2, 0.25) is 0 Å². The highest BCUT2D eigenvalue weighted by Gasteiger charge is 2.27. The smallest absolute Gasteiger partial charge is 0.317 e. The number of urea groups is 1. The van der Waals surface area contributed by atoms with Crippen molar-refractivity contribution in [1.29, 1.82) is 0 Å². The number of nitrogens with zero attached hydrogens (tertiary/aromatic N) is 1. The molecule has 0 unspecified atom stereocenters. The summed E-state index contributed by atoms with van der Waals surface area (Å²) in [5.74, 6) is 1.96. The van der Waals surface area contributed by atoms with Crippen molar-refractivity contribution >= 4 is 17.4 Å². The molecule has 1 saturated heterocycles. The first-order chi connectivity index (χ1) is 11.1. The molecule has 0 aliphatic carbocycles. The molecule has 2 amide bonds. The van der Waals surface area contributed by atoms with Crippen LogP contribution in [0.3, 0.4) is 0 Å². The summed E-state index contributed by atoms with van der Waals surface area (Å²) in [6.45, 7) is 6.32. The van der Waals surface area contributed by atoms with E-state index in [1.54, 1.807) is 16.2 Å². The lowest BCUT2D eigenvalue weighted by Gasteiger charge is -2.32. The van der Waals surface area contributed by atoms with Crippen molar-refractivity contribution in [1.82, 2.24) is 10.2 Å². The lowest BCUT2D eigenvalue weighted by molar-refractivity contribution is -0.0263. The molecule has 0 bridgehead atoms. The average molecular weight is 334 g/mol. The van der Waals surface area contributed by atoms with E-state index in [1.165, 1.54) is 4.88 Å². The second-order valence-corrected chi connectivity index (χ2v) is 6.84. The van der Waals surface area contributed by atoms with Gasteiger partial charge in [-0.1, -0.05) is 13.0 Å². The normalized spacial score (nSPS) is 19.6. The zero-order valence-electron chi connectivity index (χ0n) is 13.5. The van der Waals surface area contributed by atoms with Gasteiger partial charge in [-0.15, -0.1) is 11.3 Å². The maximum atomic E-state index is 12.4. The van der Waals surface area contributed by atoms with Gasteiger partial charge in [0.05, 0.1) is 13.2 Å². The third kappa shape index (κ3) is 3.95. The van der Waals surface area contributed by atoms with Gasteiger partial charge in [-0.2, -0.15) is 0 Å². The third-order valence-electron chi connectivity index (χ3n) is 4.02. The number of hydrogen-bond donors (Lipinski definition) is 1. The summed E-state index contributed by atoms with van der Waals surface area (Å²) in [5.41, 5.74) is 0. The summed E-state index contributed by atoms with van der Waals surface area (Å²) in [5, 5.41) is 5.09. The van der Waals surface area contributed by atoms with E-state index < -0.39 is 0 Å². The number of nitrogens with one attached hydrogen (secondary N) is 1. The minimum atomic E-state index is -0.182. The summed E-state index contributed by atoms with van der Waals surface area (Å²) in [7, 11) is 0. The van der Waals surface area contributed by atoms with Gasteiger partial charge in [0.2, 0.25) is 0 Å². The Morgan fingerprint density at radius 2 is 2.35 bits per heavy atom. The van der Waals surface area contributed by atoms with Crippen molar-refractivity contribution in [3.63, 3.8) is 0 Å². The predicted octanol–water partition coefficient (Wildman–Crippen LogP) is 3.54. The molecule has 3 heterocycles. The largest absolute Gasteiger partial charge is 0.464 e. The van der Waals surface area contributed by atoms with Gasteiger partial charge in [-0.05, 0) is 30.5 Å². The van der Waals surface area contributed by atoms with Crippen molar-refractivity contribution in [3.05, 3.63) is 46.0 Å². The number of ether oxygens (including phenoxy) is 1. The molecule has 3 rings (SSSR count). The molecule has 6 heteroatoms. The number of carbonyl (C=O) groups is 1. The number of thiophene rings is 1. The van der Waals surface area contributed by atoms with E-state index in [9.17, 15) is 4.79 Å². The highest BCUT2D eigenvalue weighted by atomic mass is 32.1. The van der Waals surface area contributed by atoms with Crippen molar-refractivity contribution in [3.8, 4) is 0 Å². The van der Waals surface area contributed by atoms with Crippen LogP contribution in [0.4, 0.5) is 4.79 Å². The molecule has 1 fully saturated rings. The summed E-state index contributed by atoms with van der Waals surface area (Å²) in [6, 6.07) is 7.94. The van der Waals surface area contributed by atoms with Crippen LogP contribution >= 0.6 is 11.3 Å². The molecule has 1 aliphatic rings. The maximum absolute atomic E-state index is 12.4. The summed E-state index contributed by atoms with van der Waals surface area (Å²) >= 11 is 1.72. The molecule has 0 radical (unpaired) electrons. The zero-order chi connectivity index (χ0) is 16.2. The van der Waals surface area contributed by atoms with E-state index in [-0.39, 0.29) is 12.1 Å². The molecule has 23 heavy (non-hydrogen) atoms. The molecule has 0 aromatic carbocycles. The lowest BCUT2D eigenvalue weighted by Crippen LogP contribution is -2.47. The number of aryl methyl sites for hydroxylation is 1. The molecule has 1 aliphatic heterocycles. The quantitative estimate of drug-likeness (QED) is 0.930. The van der Waals surface area contributed by atoms with E-state index in [2.05, 4.69) is 23.7 Å². The highest BCUT2D eigenvalue weighted by Crippen LogP contribution is 2.24. The summed E-state index contributed by atoms with van der Waals surface area (Å²) in [4.78, 5) is 15.5. The SMILES string of the molecule is Cc1ccc([C@H]2CN(C(=O)NC[C@@H](C)c3cccs3)CCO2)o1. The van der Waals surface area contributed by atoms with Crippen LogP contribution in [-0.4, -0.2) is 37.2 Å². The fourth-order valence-corrected chi connectivity index (χ4v) is 3.44. The molecule has 0 spiro atoms. The number of carbonyl (C=O) groups excluding carboxylic acids is 1. The topological polar surface area (TPSA) is 54.7 Å². The van der Waals surface area contributed by atoms with Gasteiger partial charge in [0.25, 0.3) is 0 Å². The van der Waals surface area contributed by atoms with Crippen molar-refractivity contribution in [2.45, 2.75) is 25.9 Å². The van der Waals surface area contributed by atoms with Crippen LogP contribution in [0.5, 0.6) is 0 Å². The van der Waals surface area contributed by atoms with Crippen molar-refractivity contribution in [2.75, 3.05) is 26.2 Å². The van der Waals surface area contributed by atoms with Gasteiger partial charge in [-0.25, -0.2) is 4.79 Å². The predicted molar refractivity (Wildman–Crippen MR) is 89.8 cm³/mol. The summed E-state index contributed by atoms with van der Waals surface area (Å²) in [6.07, 6.45) is -0.182. The number of morpholine rings is 1. The monoisotopic (exact) mass is 334 g/mol. The minimum absolute atomic E-state index is 0.0371. The molecular weight excluding hydrogens is 312 g/mol. The first-order valence-electron chi connectivity index (χ1n) is 7.87. The Morgan fingerprint density at radius 3 is 3.04 bits per heavy atom. The summed E-state index contributed by atoms with van der Waals surface area (Å²) < 4.78 is 11.3.